The molecule has 0 aliphatic rings. The zero-order valence-corrected chi connectivity index (χ0v) is 7.30. The van der Waals surface area contributed by atoms with Crippen LogP contribution in [-0.2, 0) is 0 Å². The van der Waals surface area contributed by atoms with Crippen molar-refractivity contribution < 1.29 is 19.0 Å². The highest BCUT2D eigenvalue weighted by atomic mass is 19.1. The predicted octanol–water partition coefficient (Wildman–Crippen LogP) is 1.66. The van der Waals surface area contributed by atoms with Gasteiger partial charge in [-0.2, -0.15) is 0 Å². The maximum Gasteiger partial charge on any atom is 0.196 e. The van der Waals surface area contributed by atoms with Crippen molar-refractivity contribution in [3.63, 3.8) is 0 Å². The molecule has 0 aliphatic heterocycles. The highest BCUT2D eigenvalue weighted by Gasteiger charge is 2.14. The summed E-state index contributed by atoms with van der Waals surface area (Å²) < 4.78 is 17.6. The second kappa shape index (κ2) is 3.43. The van der Waals surface area contributed by atoms with Crippen molar-refractivity contribution in [3.05, 3.63) is 23.0 Å². The summed E-state index contributed by atoms with van der Waals surface area (Å²) >= 11 is 0. The maximum atomic E-state index is 13.0. The van der Waals surface area contributed by atoms with Crippen LogP contribution in [0.15, 0.2) is 6.07 Å². The molecule has 70 valence electrons. The molecular formula is C9H9FO3. The van der Waals surface area contributed by atoms with Crippen LogP contribution in [0.4, 0.5) is 4.39 Å². The molecule has 0 heterocycles. The molecule has 0 spiro atoms. The molecule has 0 saturated heterocycles. The molecule has 1 aromatic carbocycles. The molecule has 4 heteroatoms. The number of benzene rings is 1. The molecular weight excluding hydrogens is 175 g/mol. The number of rotatable bonds is 2. The Bertz CT molecular complexity index is 347. The summed E-state index contributed by atoms with van der Waals surface area (Å²) in [5.74, 6) is -1.31. The molecule has 0 amide bonds. The number of methoxy groups -OCH3 is 1. The highest BCUT2D eigenvalue weighted by Crippen LogP contribution is 2.33. The standard InChI is InChI=1S/C9H9FO3/c1-5-6(4-11)3-7(10)9(13-2)8(5)12/h3-4,12H,1-2H3. The zero-order valence-electron chi connectivity index (χ0n) is 7.30. The van der Waals surface area contributed by atoms with Gasteiger partial charge in [0.15, 0.2) is 23.6 Å². The fraction of sp³-hybridized carbons (Fsp3) is 0.222. The Morgan fingerprint density at radius 1 is 1.62 bits per heavy atom. The number of ether oxygens (including phenoxy) is 1. The minimum absolute atomic E-state index is 0.121. The molecule has 13 heavy (non-hydrogen) atoms. The van der Waals surface area contributed by atoms with Gasteiger partial charge in [0.1, 0.15) is 0 Å². The van der Waals surface area contributed by atoms with Crippen LogP contribution in [0.3, 0.4) is 0 Å². The van der Waals surface area contributed by atoms with Gasteiger partial charge in [-0.3, -0.25) is 4.79 Å². The molecule has 0 bridgehead atoms. The maximum absolute atomic E-state index is 13.0. The summed E-state index contributed by atoms with van der Waals surface area (Å²) in [5.41, 5.74) is 0.434. The van der Waals surface area contributed by atoms with Crippen LogP contribution in [0, 0.1) is 12.7 Å². The lowest BCUT2D eigenvalue weighted by atomic mass is 10.1. The lowest BCUT2D eigenvalue weighted by molar-refractivity contribution is 0.112. The minimum Gasteiger partial charge on any atom is -0.504 e. The molecule has 0 unspecified atom stereocenters. The van der Waals surface area contributed by atoms with Gasteiger partial charge < -0.3 is 9.84 Å². The number of hydrogen-bond donors (Lipinski definition) is 1. The first-order chi connectivity index (χ1) is 6.11. The van der Waals surface area contributed by atoms with Crippen molar-refractivity contribution in [1.29, 1.82) is 0 Å². The average molecular weight is 184 g/mol. The third kappa shape index (κ3) is 1.47. The van der Waals surface area contributed by atoms with Gasteiger partial charge in [-0.25, -0.2) is 4.39 Å². The van der Waals surface area contributed by atoms with Gasteiger partial charge in [0.05, 0.1) is 7.11 Å². The summed E-state index contributed by atoms with van der Waals surface area (Å²) in [6.07, 6.45) is 0.484. The molecule has 0 atom stereocenters. The Kier molecular flexibility index (Phi) is 2.51. The van der Waals surface area contributed by atoms with Crippen LogP contribution < -0.4 is 4.74 Å². The number of aromatic hydroxyl groups is 1. The lowest BCUT2D eigenvalue weighted by Crippen LogP contribution is -1.95. The van der Waals surface area contributed by atoms with E-state index in [1.165, 1.54) is 14.0 Å². The average Bonchev–Trinajstić information content (AvgIpc) is 2.12. The Balaban J connectivity index is 3.45. The molecule has 0 saturated carbocycles. The van der Waals surface area contributed by atoms with Gasteiger partial charge in [0, 0.05) is 11.1 Å². The number of phenolic OH excluding ortho intramolecular Hbond substituents is 1. The first-order valence-corrected chi connectivity index (χ1v) is 3.63. The highest BCUT2D eigenvalue weighted by molar-refractivity contribution is 5.79. The zero-order chi connectivity index (χ0) is 10.0. The third-order valence-electron chi connectivity index (χ3n) is 1.83. The lowest BCUT2D eigenvalue weighted by Gasteiger charge is -2.08. The van der Waals surface area contributed by atoms with Gasteiger partial charge >= 0.3 is 0 Å². The molecule has 1 aromatic rings. The van der Waals surface area contributed by atoms with Gasteiger partial charge in [0.25, 0.3) is 0 Å². The summed E-state index contributed by atoms with van der Waals surface area (Å²) in [6.45, 7) is 1.51. The smallest absolute Gasteiger partial charge is 0.196 e. The summed E-state index contributed by atoms with van der Waals surface area (Å²) in [4.78, 5) is 10.4. The number of phenols is 1. The van der Waals surface area contributed by atoms with Gasteiger partial charge in [-0.15, -0.1) is 0 Å². The number of carbonyl (C=O) groups is 1. The van der Waals surface area contributed by atoms with Crippen LogP contribution in [-0.4, -0.2) is 18.5 Å². The van der Waals surface area contributed by atoms with Crippen LogP contribution >= 0.6 is 0 Å². The Labute approximate surface area is 74.8 Å². The van der Waals surface area contributed by atoms with E-state index < -0.39 is 5.82 Å². The molecule has 0 fully saturated rings. The summed E-state index contributed by atoms with van der Waals surface area (Å²) in [7, 11) is 1.25. The van der Waals surface area contributed by atoms with Crippen LogP contribution in [0.25, 0.3) is 0 Å². The first-order valence-electron chi connectivity index (χ1n) is 3.63. The third-order valence-corrected chi connectivity index (χ3v) is 1.83. The fourth-order valence-corrected chi connectivity index (χ4v) is 1.05. The van der Waals surface area contributed by atoms with Crippen molar-refractivity contribution in [2.45, 2.75) is 6.92 Å². The molecule has 3 nitrogen and oxygen atoms in total. The largest absolute Gasteiger partial charge is 0.504 e. The monoisotopic (exact) mass is 184 g/mol. The number of aldehydes is 1. The quantitative estimate of drug-likeness (QED) is 0.711. The van der Waals surface area contributed by atoms with Crippen molar-refractivity contribution in [1.82, 2.24) is 0 Å². The summed E-state index contributed by atoms with van der Waals surface area (Å²) in [5, 5.41) is 9.37. The second-order valence-electron chi connectivity index (χ2n) is 2.57. The number of halogens is 1. The molecule has 0 aromatic heterocycles. The molecule has 0 radical (unpaired) electrons. The van der Waals surface area contributed by atoms with Crippen LogP contribution in [0.1, 0.15) is 15.9 Å². The van der Waals surface area contributed by atoms with Gasteiger partial charge in [-0.05, 0) is 13.0 Å². The molecule has 1 N–H and O–H groups in total. The SMILES string of the molecule is COc1c(F)cc(C=O)c(C)c1O. The van der Waals surface area contributed by atoms with Gasteiger partial charge in [-0.1, -0.05) is 0 Å². The van der Waals surface area contributed by atoms with E-state index in [9.17, 15) is 14.3 Å². The van der Waals surface area contributed by atoms with E-state index in [4.69, 9.17) is 0 Å². The number of hydrogen-bond acceptors (Lipinski definition) is 3. The van der Waals surface area contributed by atoms with E-state index in [2.05, 4.69) is 4.74 Å². The van der Waals surface area contributed by atoms with E-state index >= 15 is 0 Å². The number of carbonyl (C=O) groups excluding carboxylic acids is 1. The summed E-state index contributed by atoms with van der Waals surface area (Å²) in [6, 6.07) is 1.03. The topological polar surface area (TPSA) is 46.5 Å². The van der Waals surface area contributed by atoms with Crippen LogP contribution in [0.2, 0.25) is 0 Å². The van der Waals surface area contributed by atoms with E-state index in [1.54, 1.807) is 0 Å². The van der Waals surface area contributed by atoms with Crippen LogP contribution in [0.5, 0.6) is 11.5 Å². The van der Waals surface area contributed by atoms with E-state index in [1.807, 2.05) is 0 Å². The minimum atomic E-state index is -0.743. The predicted molar refractivity (Wildman–Crippen MR) is 44.7 cm³/mol. The van der Waals surface area contributed by atoms with E-state index in [0.717, 1.165) is 6.07 Å². The first kappa shape index (κ1) is 9.51. The van der Waals surface area contributed by atoms with Crippen molar-refractivity contribution >= 4 is 6.29 Å². The normalized spacial score (nSPS) is 9.77. The molecule has 0 aliphatic carbocycles. The Morgan fingerprint density at radius 2 is 2.23 bits per heavy atom. The van der Waals surface area contributed by atoms with E-state index in [0.29, 0.717) is 11.8 Å². The Hall–Kier alpha value is -1.58. The van der Waals surface area contributed by atoms with Crippen molar-refractivity contribution in [3.8, 4) is 11.5 Å². The van der Waals surface area contributed by atoms with Crippen molar-refractivity contribution in [2.75, 3.05) is 7.11 Å². The Morgan fingerprint density at radius 3 is 2.69 bits per heavy atom. The van der Waals surface area contributed by atoms with Crippen molar-refractivity contribution in [2.24, 2.45) is 0 Å². The fourth-order valence-electron chi connectivity index (χ4n) is 1.05. The van der Waals surface area contributed by atoms with E-state index in [-0.39, 0.29) is 17.1 Å². The van der Waals surface area contributed by atoms with Gasteiger partial charge in [0.2, 0.25) is 0 Å². The molecule has 1 rings (SSSR count). The second-order valence-corrected chi connectivity index (χ2v) is 2.57.